The fourth-order valence-electron chi connectivity index (χ4n) is 0.701. The molecule has 1 saturated heterocycles. The van der Waals surface area contributed by atoms with E-state index in [0.717, 1.165) is 0 Å². The SMILES string of the molecule is CC1C(=O)NC(=O)NC1N. The fourth-order valence-corrected chi connectivity index (χ4v) is 0.701. The quantitative estimate of drug-likeness (QED) is 0.396. The van der Waals surface area contributed by atoms with E-state index in [4.69, 9.17) is 5.73 Å². The van der Waals surface area contributed by atoms with Gasteiger partial charge in [-0.05, 0) is 0 Å². The number of carbonyl (C=O) groups excluding carboxylic acids is 2. The second kappa shape index (κ2) is 2.26. The second-order valence-electron chi connectivity index (χ2n) is 2.28. The Hall–Kier alpha value is -1.10. The van der Waals surface area contributed by atoms with E-state index in [2.05, 4.69) is 10.6 Å². The first-order chi connectivity index (χ1) is 4.61. The highest BCUT2D eigenvalue weighted by Crippen LogP contribution is 2.01. The van der Waals surface area contributed by atoms with Crippen LogP contribution in [0.4, 0.5) is 4.79 Å². The van der Waals surface area contributed by atoms with Crippen LogP contribution in [0.1, 0.15) is 6.92 Å². The monoisotopic (exact) mass is 143 g/mol. The van der Waals surface area contributed by atoms with Gasteiger partial charge in [-0.1, -0.05) is 6.92 Å². The fraction of sp³-hybridized carbons (Fsp3) is 0.600. The third-order valence-corrected chi connectivity index (χ3v) is 1.49. The van der Waals surface area contributed by atoms with E-state index in [-0.39, 0.29) is 11.8 Å². The zero-order valence-electron chi connectivity index (χ0n) is 5.55. The molecule has 1 rings (SSSR count). The number of nitrogens with two attached hydrogens (primary N) is 1. The van der Waals surface area contributed by atoms with Crippen molar-refractivity contribution in [3.05, 3.63) is 0 Å². The maximum Gasteiger partial charge on any atom is 0.322 e. The van der Waals surface area contributed by atoms with Gasteiger partial charge in [0.1, 0.15) is 0 Å². The van der Waals surface area contributed by atoms with Crippen molar-refractivity contribution in [3.63, 3.8) is 0 Å². The minimum Gasteiger partial charge on any atom is -0.322 e. The number of urea groups is 1. The van der Waals surface area contributed by atoms with Gasteiger partial charge in [0.05, 0.1) is 12.1 Å². The lowest BCUT2D eigenvalue weighted by molar-refractivity contribution is -0.125. The van der Waals surface area contributed by atoms with Gasteiger partial charge < -0.3 is 11.1 Å². The number of nitrogens with one attached hydrogen (secondary N) is 2. The Kier molecular flexibility index (Phi) is 1.58. The summed E-state index contributed by atoms with van der Waals surface area (Å²) in [5.74, 6) is -0.672. The molecule has 3 amide bonds. The number of hydrogen-bond donors (Lipinski definition) is 3. The standard InChI is InChI=1S/C5H9N3O2/c1-2-3(6)7-5(10)8-4(2)9/h2-3H,6H2,1H3,(H2,7,8,9,10). The Labute approximate surface area is 58.0 Å². The van der Waals surface area contributed by atoms with Crippen molar-refractivity contribution in [1.29, 1.82) is 0 Å². The largest absolute Gasteiger partial charge is 0.322 e. The van der Waals surface area contributed by atoms with Crippen LogP contribution in [-0.4, -0.2) is 18.1 Å². The van der Waals surface area contributed by atoms with Crippen molar-refractivity contribution in [1.82, 2.24) is 10.6 Å². The van der Waals surface area contributed by atoms with Crippen LogP contribution in [0.3, 0.4) is 0 Å². The summed E-state index contributed by atoms with van der Waals surface area (Å²) in [6.45, 7) is 1.65. The Bertz CT molecular complexity index is 180. The van der Waals surface area contributed by atoms with E-state index >= 15 is 0 Å². The second-order valence-corrected chi connectivity index (χ2v) is 2.28. The molecule has 1 fully saturated rings. The highest BCUT2D eigenvalue weighted by atomic mass is 16.2. The summed E-state index contributed by atoms with van der Waals surface area (Å²) in [5, 5.41) is 4.46. The molecule has 4 N–H and O–H groups in total. The van der Waals surface area contributed by atoms with Crippen molar-refractivity contribution in [2.45, 2.75) is 13.1 Å². The van der Waals surface area contributed by atoms with Crippen LogP contribution < -0.4 is 16.4 Å². The topological polar surface area (TPSA) is 84.2 Å². The van der Waals surface area contributed by atoms with Crippen molar-refractivity contribution in [2.75, 3.05) is 0 Å². The summed E-state index contributed by atoms with van der Waals surface area (Å²) < 4.78 is 0. The van der Waals surface area contributed by atoms with E-state index in [9.17, 15) is 9.59 Å². The highest BCUT2D eigenvalue weighted by Gasteiger charge is 2.28. The Morgan fingerprint density at radius 1 is 1.50 bits per heavy atom. The van der Waals surface area contributed by atoms with Gasteiger partial charge >= 0.3 is 6.03 Å². The average molecular weight is 143 g/mol. The lowest BCUT2D eigenvalue weighted by atomic mass is 10.1. The summed E-state index contributed by atoms with van der Waals surface area (Å²) in [6, 6.07) is -0.518. The number of hydrogen-bond acceptors (Lipinski definition) is 3. The van der Waals surface area contributed by atoms with Crippen LogP contribution in [-0.2, 0) is 4.79 Å². The molecule has 1 heterocycles. The van der Waals surface area contributed by atoms with E-state index < -0.39 is 12.2 Å². The maximum atomic E-state index is 10.8. The minimum absolute atomic E-state index is 0.323. The molecular formula is C5H9N3O2. The van der Waals surface area contributed by atoms with E-state index in [1.807, 2.05) is 0 Å². The molecule has 0 saturated carbocycles. The van der Waals surface area contributed by atoms with E-state index in [0.29, 0.717) is 0 Å². The van der Waals surface area contributed by atoms with Gasteiger partial charge in [0, 0.05) is 0 Å². The summed E-state index contributed by atoms with van der Waals surface area (Å²) in [7, 11) is 0. The first-order valence-corrected chi connectivity index (χ1v) is 2.98. The minimum atomic E-state index is -0.554. The molecule has 1 aliphatic rings. The number of rotatable bonds is 0. The third-order valence-electron chi connectivity index (χ3n) is 1.49. The number of imide groups is 1. The normalized spacial score (nSPS) is 33.0. The molecule has 2 unspecified atom stereocenters. The Morgan fingerprint density at radius 2 is 2.10 bits per heavy atom. The zero-order valence-corrected chi connectivity index (χ0v) is 5.55. The molecule has 0 bridgehead atoms. The molecule has 5 nitrogen and oxygen atoms in total. The first-order valence-electron chi connectivity index (χ1n) is 2.98. The molecule has 0 aromatic rings. The van der Waals surface area contributed by atoms with Gasteiger partial charge in [-0.25, -0.2) is 4.79 Å². The summed E-state index contributed by atoms with van der Waals surface area (Å²) >= 11 is 0. The van der Waals surface area contributed by atoms with Crippen molar-refractivity contribution in [2.24, 2.45) is 11.7 Å². The predicted octanol–water partition coefficient (Wildman–Crippen LogP) is -1.25. The van der Waals surface area contributed by atoms with Crippen molar-refractivity contribution < 1.29 is 9.59 Å². The average Bonchev–Trinajstić information content (AvgIpc) is 1.82. The Balaban J connectivity index is 2.66. The lowest BCUT2D eigenvalue weighted by Crippen LogP contribution is -2.60. The van der Waals surface area contributed by atoms with Gasteiger partial charge in [0.25, 0.3) is 0 Å². The molecule has 0 aliphatic carbocycles. The highest BCUT2D eigenvalue weighted by molar-refractivity contribution is 5.98. The van der Waals surface area contributed by atoms with Crippen LogP contribution in [0.15, 0.2) is 0 Å². The molecule has 10 heavy (non-hydrogen) atoms. The first kappa shape index (κ1) is 7.01. The number of carbonyl (C=O) groups is 2. The Morgan fingerprint density at radius 3 is 2.60 bits per heavy atom. The maximum absolute atomic E-state index is 10.8. The summed E-state index contributed by atoms with van der Waals surface area (Å²) in [5.41, 5.74) is 5.37. The van der Waals surface area contributed by atoms with Gasteiger partial charge in [-0.15, -0.1) is 0 Å². The molecule has 56 valence electrons. The molecule has 5 heteroatoms. The smallest absolute Gasteiger partial charge is 0.322 e. The summed E-state index contributed by atoms with van der Waals surface area (Å²) in [6.07, 6.45) is -0.554. The molecule has 2 atom stereocenters. The lowest BCUT2D eigenvalue weighted by Gasteiger charge is -2.25. The third kappa shape index (κ3) is 1.08. The van der Waals surface area contributed by atoms with E-state index in [1.54, 1.807) is 6.92 Å². The predicted molar refractivity (Wildman–Crippen MR) is 33.8 cm³/mol. The van der Waals surface area contributed by atoms with Crippen LogP contribution in [0, 0.1) is 5.92 Å². The van der Waals surface area contributed by atoms with Gasteiger partial charge in [0.2, 0.25) is 5.91 Å². The summed E-state index contributed by atoms with van der Waals surface area (Å²) in [4.78, 5) is 21.3. The van der Waals surface area contributed by atoms with Gasteiger partial charge in [0.15, 0.2) is 0 Å². The number of amides is 3. The molecular weight excluding hydrogens is 134 g/mol. The van der Waals surface area contributed by atoms with E-state index in [1.165, 1.54) is 0 Å². The van der Waals surface area contributed by atoms with Crippen LogP contribution in [0.2, 0.25) is 0 Å². The van der Waals surface area contributed by atoms with Crippen molar-refractivity contribution in [3.8, 4) is 0 Å². The molecule has 1 aliphatic heterocycles. The molecule has 0 radical (unpaired) electrons. The molecule has 0 spiro atoms. The molecule has 0 aromatic carbocycles. The van der Waals surface area contributed by atoms with Crippen LogP contribution in [0.5, 0.6) is 0 Å². The van der Waals surface area contributed by atoms with Gasteiger partial charge in [-0.3, -0.25) is 10.1 Å². The van der Waals surface area contributed by atoms with Gasteiger partial charge in [-0.2, -0.15) is 0 Å². The van der Waals surface area contributed by atoms with Crippen LogP contribution in [0.25, 0.3) is 0 Å². The van der Waals surface area contributed by atoms with Crippen molar-refractivity contribution >= 4 is 11.9 Å². The molecule has 0 aromatic heterocycles. The van der Waals surface area contributed by atoms with Crippen LogP contribution >= 0.6 is 0 Å². The zero-order chi connectivity index (χ0) is 7.72.